The fourth-order valence-electron chi connectivity index (χ4n) is 4.00. The lowest BCUT2D eigenvalue weighted by atomic mass is 9.32. The quantitative estimate of drug-likeness (QED) is 0.866. The number of methoxy groups -OCH3 is 1. The van der Waals surface area contributed by atoms with Gasteiger partial charge in [0.25, 0.3) is 5.91 Å². The lowest BCUT2D eigenvalue weighted by molar-refractivity contribution is -0.226. The zero-order valence-electron chi connectivity index (χ0n) is 13.0. The summed E-state index contributed by atoms with van der Waals surface area (Å²) in [5.74, 6) is -0.284. The summed E-state index contributed by atoms with van der Waals surface area (Å²) in [6.07, 6.45) is 2.48. The first-order chi connectivity index (χ1) is 10.2. The molecule has 3 aliphatic carbocycles. The maximum absolute atomic E-state index is 12.3. The number of amides is 1. The van der Waals surface area contributed by atoms with Crippen LogP contribution in [0.1, 0.15) is 43.5 Å². The number of ether oxygens (including phenoxy) is 1. The summed E-state index contributed by atoms with van der Waals surface area (Å²) in [5.41, 5.74) is -0.144. The molecule has 3 fully saturated rings. The Hall–Kier alpha value is -1.55. The number of esters is 1. The van der Waals surface area contributed by atoms with Crippen LogP contribution < -0.4 is 5.32 Å². The van der Waals surface area contributed by atoms with E-state index in [-0.39, 0.29) is 22.8 Å². The van der Waals surface area contributed by atoms with Crippen molar-refractivity contribution >= 4 is 23.5 Å². The second kappa shape index (κ2) is 4.72. The second-order valence-corrected chi connectivity index (χ2v) is 7.61. The summed E-state index contributed by atoms with van der Waals surface area (Å²) in [6, 6.07) is 6.92. The van der Waals surface area contributed by atoms with Crippen molar-refractivity contribution < 1.29 is 14.3 Å². The molecule has 0 radical (unpaired) electrons. The van der Waals surface area contributed by atoms with Crippen LogP contribution in [-0.2, 0) is 9.53 Å². The number of hydrogen-bond acceptors (Lipinski definition) is 3. The molecule has 1 aromatic carbocycles. The highest BCUT2D eigenvalue weighted by molar-refractivity contribution is 6.30. The van der Waals surface area contributed by atoms with Crippen molar-refractivity contribution in [3.8, 4) is 0 Å². The van der Waals surface area contributed by atoms with Gasteiger partial charge in [-0.2, -0.15) is 0 Å². The van der Waals surface area contributed by atoms with Crippen LogP contribution in [0.4, 0.5) is 0 Å². The van der Waals surface area contributed by atoms with Gasteiger partial charge >= 0.3 is 5.97 Å². The van der Waals surface area contributed by atoms with Gasteiger partial charge in [0, 0.05) is 16.1 Å². The summed E-state index contributed by atoms with van der Waals surface area (Å²) < 4.78 is 4.92. The Kier molecular flexibility index (Phi) is 3.29. The van der Waals surface area contributed by atoms with Gasteiger partial charge in [0.05, 0.1) is 12.5 Å². The lowest BCUT2D eigenvalue weighted by Crippen LogP contribution is -2.79. The van der Waals surface area contributed by atoms with Crippen LogP contribution in [0.5, 0.6) is 0 Å². The van der Waals surface area contributed by atoms with Crippen molar-refractivity contribution in [3.63, 3.8) is 0 Å². The Morgan fingerprint density at radius 3 is 2.45 bits per heavy atom. The van der Waals surface area contributed by atoms with Gasteiger partial charge in [-0.05, 0) is 56.7 Å². The Balaban J connectivity index is 1.65. The monoisotopic (exact) mass is 321 g/mol. The Morgan fingerprint density at radius 2 is 1.91 bits per heavy atom. The predicted molar refractivity (Wildman–Crippen MR) is 83.7 cm³/mol. The fourth-order valence-corrected chi connectivity index (χ4v) is 4.19. The lowest BCUT2D eigenvalue weighted by Gasteiger charge is -2.74. The third-order valence-electron chi connectivity index (χ3n) is 5.52. The van der Waals surface area contributed by atoms with Crippen molar-refractivity contribution in [1.82, 2.24) is 5.32 Å². The van der Waals surface area contributed by atoms with Crippen LogP contribution in [0.3, 0.4) is 0 Å². The smallest absolute Gasteiger partial charge is 0.311 e. The van der Waals surface area contributed by atoms with E-state index in [4.69, 9.17) is 16.3 Å². The van der Waals surface area contributed by atoms with E-state index >= 15 is 0 Å². The number of rotatable bonds is 4. The molecule has 0 spiro atoms. The first-order valence-electron chi connectivity index (χ1n) is 7.40. The number of carbonyl (C=O) groups excluding carboxylic acids is 2. The van der Waals surface area contributed by atoms with Gasteiger partial charge in [0.2, 0.25) is 0 Å². The maximum atomic E-state index is 12.3. The fraction of sp³-hybridized carbons (Fsp3) is 0.529. The number of benzene rings is 1. The minimum absolute atomic E-state index is 0.0400. The van der Waals surface area contributed by atoms with Gasteiger partial charge in [-0.1, -0.05) is 17.7 Å². The van der Waals surface area contributed by atoms with Crippen molar-refractivity contribution in [2.75, 3.05) is 7.11 Å². The van der Waals surface area contributed by atoms with Gasteiger partial charge in [-0.25, -0.2) is 0 Å². The van der Waals surface area contributed by atoms with Crippen LogP contribution in [-0.4, -0.2) is 24.5 Å². The Labute approximate surface area is 135 Å². The van der Waals surface area contributed by atoms with Crippen LogP contribution in [0.15, 0.2) is 24.3 Å². The second-order valence-electron chi connectivity index (χ2n) is 7.17. The van der Waals surface area contributed by atoms with Gasteiger partial charge in [0.1, 0.15) is 0 Å². The number of halogens is 1. The van der Waals surface area contributed by atoms with Gasteiger partial charge in [0.15, 0.2) is 0 Å². The third-order valence-corrected chi connectivity index (χ3v) is 5.75. The number of hydrogen-bond donors (Lipinski definition) is 1. The molecular weight excluding hydrogens is 302 g/mol. The standard InChI is InChI=1S/C17H20ClNO3/c1-15(2,14(21)22-3)16-8-17(9-16,10-16)19-13(20)11-5-4-6-12(18)7-11/h4-7H,8-10H2,1-3H3,(H,19,20). The molecule has 4 rings (SSSR count). The third kappa shape index (κ3) is 2.04. The summed E-state index contributed by atoms with van der Waals surface area (Å²) in [4.78, 5) is 24.3. The summed E-state index contributed by atoms with van der Waals surface area (Å²) in [6.45, 7) is 3.86. The van der Waals surface area contributed by atoms with E-state index in [9.17, 15) is 9.59 Å². The molecule has 4 nitrogen and oxygen atoms in total. The van der Waals surface area contributed by atoms with E-state index < -0.39 is 5.41 Å². The topological polar surface area (TPSA) is 55.4 Å². The highest BCUT2D eigenvalue weighted by atomic mass is 35.5. The first kappa shape index (κ1) is 15.3. The van der Waals surface area contributed by atoms with Crippen LogP contribution in [0.2, 0.25) is 5.02 Å². The maximum Gasteiger partial charge on any atom is 0.311 e. The normalized spacial score (nSPS) is 29.1. The van der Waals surface area contributed by atoms with E-state index in [0.717, 1.165) is 19.3 Å². The van der Waals surface area contributed by atoms with Crippen LogP contribution >= 0.6 is 11.6 Å². The van der Waals surface area contributed by atoms with Crippen molar-refractivity contribution in [2.45, 2.75) is 38.6 Å². The minimum Gasteiger partial charge on any atom is -0.469 e. The molecule has 0 heterocycles. The molecule has 5 heteroatoms. The summed E-state index contributed by atoms with van der Waals surface area (Å²) in [5, 5.41) is 3.66. The molecule has 2 bridgehead atoms. The zero-order chi connectivity index (χ0) is 16.2. The summed E-state index contributed by atoms with van der Waals surface area (Å²) in [7, 11) is 1.42. The Bertz CT molecular complexity index is 633. The highest BCUT2D eigenvalue weighted by Gasteiger charge is 2.75. The van der Waals surface area contributed by atoms with E-state index in [0.29, 0.717) is 10.6 Å². The van der Waals surface area contributed by atoms with Crippen LogP contribution in [0.25, 0.3) is 0 Å². The van der Waals surface area contributed by atoms with Crippen molar-refractivity contribution in [3.05, 3.63) is 34.9 Å². The molecule has 0 aliphatic heterocycles. The van der Waals surface area contributed by atoms with Gasteiger partial charge in [-0.3, -0.25) is 9.59 Å². The molecule has 1 aromatic rings. The molecule has 0 unspecified atom stereocenters. The van der Waals surface area contributed by atoms with Gasteiger partial charge < -0.3 is 10.1 Å². The largest absolute Gasteiger partial charge is 0.469 e. The molecule has 118 valence electrons. The average Bonchev–Trinajstić information content (AvgIpc) is 2.39. The zero-order valence-corrected chi connectivity index (χ0v) is 13.8. The van der Waals surface area contributed by atoms with E-state index in [2.05, 4.69) is 5.32 Å². The molecule has 1 amide bonds. The first-order valence-corrected chi connectivity index (χ1v) is 7.78. The number of nitrogens with one attached hydrogen (secondary N) is 1. The molecule has 3 aliphatic rings. The summed E-state index contributed by atoms with van der Waals surface area (Å²) >= 11 is 5.92. The molecule has 22 heavy (non-hydrogen) atoms. The molecular formula is C17H20ClNO3. The number of carbonyl (C=O) groups is 2. The van der Waals surface area contributed by atoms with E-state index in [1.807, 2.05) is 13.8 Å². The van der Waals surface area contributed by atoms with E-state index in [1.54, 1.807) is 24.3 Å². The molecule has 0 aromatic heterocycles. The molecule has 1 N–H and O–H groups in total. The Morgan fingerprint density at radius 1 is 1.27 bits per heavy atom. The molecule has 0 atom stereocenters. The highest BCUT2D eigenvalue weighted by Crippen LogP contribution is 2.74. The molecule has 3 saturated carbocycles. The van der Waals surface area contributed by atoms with Gasteiger partial charge in [-0.15, -0.1) is 0 Å². The SMILES string of the molecule is COC(=O)C(C)(C)C12CC(NC(=O)c3cccc(Cl)c3)(C1)C2. The molecule has 0 saturated heterocycles. The van der Waals surface area contributed by atoms with Crippen molar-refractivity contribution in [2.24, 2.45) is 10.8 Å². The van der Waals surface area contributed by atoms with Crippen LogP contribution in [0, 0.1) is 10.8 Å². The van der Waals surface area contributed by atoms with Crippen molar-refractivity contribution in [1.29, 1.82) is 0 Å². The minimum atomic E-state index is -0.510. The predicted octanol–water partition coefficient (Wildman–Crippen LogP) is 3.19. The average molecular weight is 322 g/mol. The van der Waals surface area contributed by atoms with E-state index in [1.165, 1.54) is 7.11 Å².